The van der Waals surface area contributed by atoms with Gasteiger partial charge in [-0.1, -0.05) is 67.6 Å². The summed E-state index contributed by atoms with van der Waals surface area (Å²) in [6, 6.07) is 17.3. The highest BCUT2D eigenvalue weighted by molar-refractivity contribution is 8.02. The zero-order valence-corrected chi connectivity index (χ0v) is 26.4. The number of anilines is 1. The summed E-state index contributed by atoms with van der Waals surface area (Å²) in [5.74, 6) is -1.83. The van der Waals surface area contributed by atoms with Gasteiger partial charge in [0.15, 0.2) is 0 Å². The van der Waals surface area contributed by atoms with Crippen LogP contribution in [-0.4, -0.2) is 73.9 Å². The highest BCUT2D eigenvalue weighted by Gasteiger charge is 2.77. The molecule has 2 aromatic carbocycles. The number of nitrogens with zero attached hydrogens (tertiary/aromatic N) is 3. The van der Waals surface area contributed by atoms with E-state index in [1.54, 1.807) is 38.6 Å². The van der Waals surface area contributed by atoms with Crippen molar-refractivity contribution in [3.63, 3.8) is 0 Å². The molecule has 2 aromatic rings. The number of benzene rings is 2. The minimum atomic E-state index is -0.853. The number of likely N-dealkylation sites (tertiary alicyclic amines) is 1. The number of carbonyl (C=O) groups excluding carboxylic acids is 3. The van der Waals surface area contributed by atoms with E-state index in [1.165, 1.54) is 0 Å². The van der Waals surface area contributed by atoms with Crippen LogP contribution in [0.25, 0.3) is 0 Å². The van der Waals surface area contributed by atoms with E-state index in [-0.39, 0.29) is 35.5 Å². The van der Waals surface area contributed by atoms with E-state index in [9.17, 15) is 19.5 Å². The van der Waals surface area contributed by atoms with Crippen molar-refractivity contribution in [3.8, 4) is 0 Å². The van der Waals surface area contributed by atoms with Gasteiger partial charge in [0, 0.05) is 29.6 Å². The molecule has 7 nitrogen and oxygen atoms in total. The lowest BCUT2D eigenvalue weighted by Crippen LogP contribution is -2.61. The normalized spacial score (nSPS) is 28.3. The topological polar surface area (TPSA) is 81.2 Å². The largest absolute Gasteiger partial charge is 0.394 e. The SMILES string of the molecule is C=CCN(C(=O)[C@@H]1[C@H]2C(=O)N([C@H](CO)c3ccccc3)C(C(=O)N(CC=C)C(C)(C)C)C23S[C@@H]1CC3C)c1ccccc1. The molecule has 228 valence electrons. The molecule has 3 aliphatic rings. The van der Waals surface area contributed by atoms with Crippen molar-refractivity contribution in [2.24, 2.45) is 17.8 Å². The molecule has 0 aromatic heterocycles. The van der Waals surface area contributed by atoms with Gasteiger partial charge in [-0.25, -0.2) is 0 Å². The van der Waals surface area contributed by atoms with Crippen molar-refractivity contribution in [3.05, 3.63) is 91.5 Å². The standard InChI is InChI=1S/C35H43N3O4S/c1-7-19-36(25-17-13-10-14-18-25)31(40)28-27-21-23(3)35(43-27)29(28)32(41)38(26(22-39)24-15-11-9-12-16-24)30(35)33(42)37(20-8-2)34(4,5)6/h7-18,23,26-30,39H,1-2,19-22H2,3-6H3/t23?,26-,27-,28+,29+,30?,35?/m1/s1. The lowest BCUT2D eigenvalue weighted by molar-refractivity contribution is -0.148. The van der Waals surface area contributed by atoms with Gasteiger partial charge < -0.3 is 19.8 Å². The molecule has 3 unspecified atom stereocenters. The van der Waals surface area contributed by atoms with E-state index < -0.39 is 34.2 Å². The van der Waals surface area contributed by atoms with Gasteiger partial charge in [-0.15, -0.1) is 24.9 Å². The summed E-state index contributed by atoms with van der Waals surface area (Å²) >= 11 is 1.65. The number of thioether (sulfide) groups is 1. The Morgan fingerprint density at radius 3 is 2.21 bits per heavy atom. The van der Waals surface area contributed by atoms with Crippen LogP contribution in [0.2, 0.25) is 0 Å². The van der Waals surface area contributed by atoms with E-state index >= 15 is 0 Å². The third kappa shape index (κ3) is 5.02. The second kappa shape index (κ2) is 12.0. The summed E-state index contributed by atoms with van der Waals surface area (Å²) in [4.78, 5) is 49.4. The zero-order chi connectivity index (χ0) is 31.1. The van der Waals surface area contributed by atoms with Crippen molar-refractivity contribution in [2.75, 3.05) is 24.6 Å². The fourth-order valence-corrected chi connectivity index (χ4v) is 9.99. The number of carbonyl (C=O) groups is 3. The quantitative estimate of drug-likeness (QED) is 0.384. The summed E-state index contributed by atoms with van der Waals surface area (Å²) in [7, 11) is 0. The van der Waals surface area contributed by atoms with E-state index in [2.05, 4.69) is 20.1 Å². The number of rotatable bonds is 10. The van der Waals surface area contributed by atoms with Crippen molar-refractivity contribution >= 4 is 35.2 Å². The van der Waals surface area contributed by atoms with E-state index in [0.717, 1.165) is 17.7 Å². The Morgan fingerprint density at radius 2 is 1.65 bits per heavy atom. The Bertz CT molecular complexity index is 1380. The Balaban J connectivity index is 1.67. The molecule has 1 N–H and O–H groups in total. The summed E-state index contributed by atoms with van der Waals surface area (Å²) in [5, 5.41) is 10.7. The Labute approximate surface area is 259 Å². The van der Waals surface area contributed by atoms with E-state index in [4.69, 9.17) is 0 Å². The molecular weight excluding hydrogens is 558 g/mol. The molecule has 0 saturated carbocycles. The van der Waals surface area contributed by atoms with Gasteiger partial charge in [-0.2, -0.15) is 0 Å². The Morgan fingerprint density at radius 1 is 1.05 bits per heavy atom. The number of aliphatic hydroxyl groups is 1. The van der Waals surface area contributed by atoms with Crippen molar-refractivity contribution in [1.82, 2.24) is 9.80 Å². The first-order valence-corrected chi connectivity index (χ1v) is 16.0. The molecule has 0 aliphatic carbocycles. The van der Waals surface area contributed by atoms with Crippen LogP contribution in [0, 0.1) is 17.8 Å². The Hall–Kier alpha value is -3.36. The van der Waals surface area contributed by atoms with Crippen molar-refractivity contribution < 1.29 is 19.5 Å². The maximum atomic E-state index is 14.9. The number of hydrogen-bond donors (Lipinski definition) is 1. The second-order valence-corrected chi connectivity index (χ2v) is 14.4. The summed E-state index contributed by atoms with van der Waals surface area (Å²) in [5.41, 5.74) is 0.968. The predicted octanol–water partition coefficient (Wildman–Crippen LogP) is 5.09. The molecule has 8 heteroatoms. The van der Waals surface area contributed by atoms with Crippen LogP contribution in [0.4, 0.5) is 5.69 Å². The molecule has 1 spiro atoms. The van der Waals surface area contributed by atoms with Gasteiger partial charge in [-0.05, 0) is 50.8 Å². The fourth-order valence-electron chi connectivity index (χ4n) is 7.60. The summed E-state index contributed by atoms with van der Waals surface area (Å²) < 4.78 is -0.817. The monoisotopic (exact) mass is 601 g/mol. The highest BCUT2D eigenvalue weighted by atomic mass is 32.2. The lowest BCUT2D eigenvalue weighted by Gasteiger charge is -2.45. The fraction of sp³-hybridized carbons (Fsp3) is 0.457. The van der Waals surface area contributed by atoms with E-state index in [1.807, 2.05) is 81.4 Å². The van der Waals surface area contributed by atoms with Crippen LogP contribution in [0.15, 0.2) is 86.0 Å². The van der Waals surface area contributed by atoms with Gasteiger partial charge in [0.1, 0.15) is 6.04 Å². The molecule has 3 aliphatic heterocycles. The summed E-state index contributed by atoms with van der Waals surface area (Å²) in [6.07, 6.45) is 4.14. The van der Waals surface area contributed by atoms with Crippen LogP contribution < -0.4 is 4.90 Å². The number of para-hydroxylation sites is 1. The predicted molar refractivity (Wildman–Crippen MR) is 172 cm³/mol. The molecule has 0 radical (unpaired) electrons. The third-order valence-electron chi connectivity index (χ3n) is 9.43. The smallest absolute Gasteiger partial charge is 0.247 e. The van der Waals surface area contributed by atoms with Gasteiger partial charge in [0.25, 0.3) is 0 Å². The Kier molecular flexibility index (Phi) is 8.65. The summed E-state index contributed by atoms with van der Waals surface area (Å²) in [6.45, 7) is 16.1. The molecule has 3 fully saturated rings. The van der Waals surface area contributed by atoms with Crippen LogP contribution >= 0.6 is 11.8 Å². The van der Waals surface area contributed by atoms with Crippen molar-refractivity contribution in [1.29, 1.82) is 0 Å². The van der Waals surface area contributed by atoms with E-state index in [0.29, 0.717) is 13.1 Å². The van der Waals surface area contributed by atoms with Crippen LogP contribution in [0.3, 0.4) is 0 Å². The molecule has 3 amide bonds. The second-order valence-electron chi connectivity index (χ2n) is 12.9. The number of fused-ring (bicyclic) bond motifs is 1. The molecule has 3 saturated heterocycles. The molecular formula is C35H43N3O4S. The average Bonchev–Trinajstić information content (AvgIpc) is 3.58. The van der Waals surface area contributed by atoms with Crippen LogP contribution in [0.1, 0.15) is 45.7 Å². The van der Waals surface area contributed by atoms with Gasteiger partial charge in [0.2, 0.25) is 17.7 Å². The van der Waals surface area contributed by atoms with Gasteiger partial charge >= 0.3 is 0 Å². The molecule has 43 heavy (non-hydrogen) atoms. The zero-order valence-electron chi connectivity index (χ0n) is 25.6. The molecule has 5 rings (SSSR count). The maximum Gasteiger partial charge on any atom is 0.247 e. The third-order valence-corrected chi connectivity index (χ3v) is 11.5. The number of hydrogen-bond acceptors (Lipinski definition) is 5. The molecule has 2 bridgehead atoms. The minimum absolute atomic E-state index is 0.00435. The lowest BCUT2D eigenvalue weighted by atomic mass is 9.65. The van der Waals surface area contributed by atoms with Gasteiger partial charge in [0.05, 0.1) is 29.2 Å². The average molecular weight is 602 g/mol. The molecule has 3 heterocycles. The van der Waals surface area contributed by atoms with Crippen molar-refractivity contribution in [2.45, 2.75) is 61.7 Å². The minimum Gasteiger partial charge on any atom is -0.394 e. The highest BCUT2D eigenvalue weighted by Crippen LogP contribution is 2.69. The first kappa shape index (κ1) is 31.1. The maximum absolute atomic E-state index is 14.9. The van der Waals surface area contributed by atoms with Gasteiger partial charge in [-0.3, -0.25) is 14.4 Å². The first-order valence-electron chi connectivity index (χ1n) is 15.1. The molecule has 7 atom stereocenters. The number of amides is 3. The number of aliphatic hydroxyl groups excluding tert-OH is 1. The van der Waals surface area contributed by atoms with Crippen LogP contribution in [-0.2, 0) is 14.4 Å². The van der Waals surface area contributed by atoms with Crippen LogP contribution in [0.5, 0.6) is 0 Å². The first-order chi connectivity index (χ1) is 20.5.